The van der Waals surface area contributed by atoms with Gasteiger partial charge in [0.15, 0.2) is 0 Å². The van der Waals surface area contributed by atoms with Gasteiger partial charge < -0.3 is 14.9 Å². The lowest BCUT2D eigenvalue weighted by Gasteiger charge is -2.33. The summed E-state index contributed by atoms with van der Waals surface area (Å²) in [5.41, 5.74) is 1.46. The van der Waals surface area contributed by atoms with Crippen LogP contribution in [-0.4, -0.2) is 46.6 Å². The van der Waals surface area contributed by atoms with Crippen LogP contribution in [0, 0.1) is 5.92 Å². The number of benzene rings is 1. The molecule has 26 heavy (non-hydrogen) atoms. The Balaban J connectivity index is 1.47. The van der Waals surface area contributed by atoms with Crippen molar-refractivity contribution in [2.24, 2.45) is 5.92 Å². The summed E-state index contributed by atoms with van der Waals surface area (Å²) in [6.07, 6.45) is 6.50. The molecular weight excluding hydrogens is 332 g/mol. The smallest absolute Gasteiger partial charge is 0.312 e. The first-order chi connectivity index (χ1) is 12.6. The third-order valence-corrected chi connectivity index (χ3v) is 5.25. The molecule has 7 nitrogen and oxygen atoms in total. The molecule has 3 heterocycles. The Bertz CT molecular complexity index is 819. The fourth-order valence-corrected chi connectivity index (χ4v) is 3.86. The standard InChI is InChI=1S/C19H20N4O3/c24-18(13-5-9-22(10-6-13)17-11-20-7-8-21-17)23-12-15(19(25)26)14-3-1-2-4-16(14)23/h1-4,7-8,11,13,15H,5-6,9-10,12H2,(H,25,26). The number of fused-ring (bicyclic) bond motifs is 1. The number of amides is 1. The zero-order valence-corrected chi connectivity index (χ0v) is 14.3. The average molecular weight is 352 g/mol. The number of piperidine rings is 1. The van der Waals surface area contributed by atoms with Crippen LogP contribution in [0.25, 0.3) is 0 Å². The van der Waals surface area contributed by atoms with Crippen molar-refractivity contribution < 1.29 is 14.7 Å². The van der Waals surface area contributed by atoms with E-state index in [1.165, 1.54) is 0 Å². The molecule has 0 bridgehead atoms. The van der Waals surface area contributed by atoms with Crippen LogP contribution in [0.3, 0.4) is 0 Å². The molecule has 1 aromatic heterocycles. The van der Waals surface area contributed by atoms with E-state index in [0.717, 1.165) is 43.0 Å². The van der Waals surface area contributed by atoms with Gasteiger partial charge in [-0.1, -0.05) is 18.2 Å². The lowest BCUT2D eigenvalue weighted by atomic mass is 9.95. The lowest BCUT2D eigenvalue weighted by molar-refractivity contribution is -0.138. The van der Waals surface area contributed by atoms with E-state index < -0.39 is 11.9 Å². The highest BCUT2D eigenvalue weighted by atomic mass is 16.4. The largest absolute Gasteiger partial charge is 0.481 e. The Morgan fingerprint density at radius 3 is 2.58 bits per heavy atom. The molecule has 7 heteroatoms. The molecule has 0 spiro atoms. The summed E-state index contributed by atoms with van der Waals surface area (Å²) in [6.45, 7) is 1.71. The van der Waals surface area contributed by atoms with Gasteiger partial charge in [0.1, 0.15) is 11.7 Å². The van der Waals surface area contributed by atoms with Crippen LogP contribution in [-0.2, 0) is 9.59 Å². The number of aliphatic carboxylic acids is 1. The van der Waals surface area contributed by atoms with Crippen molar-refractivity contribution in [3.05, 3.63) is 48.4 Å². The van der Waals surface area contributed by atoms with Crippen LogP contribution in [0.1, 0.15) is 24.3 Å². The van der Waals surface area contributed by atoms with Gasteiger partial charge >= 0.3 is 5.97 Å². The van der Waals surface area contributed by atoms with Gasteiger partial charge in [-0.05, 0) is 24.5 Å². The molecule has 0 aliphatic carbocycles. The number of carboxylic acids is 1. The monoisotopic (exact) mass is 352 g/mol. The van der Waals surface area contributed by atoms with E-state index in [1.54, 1.807) is 29.6 Å². The van der Waals surface area contributed by atoms with Crippen molar-refractivity contribution in [1.29, 1.82) is 0 Å². The first-order valence-electron chi connectivity index (χ1n) is 8.79. The number of carbonyl (C=O) groups is 2. The summed E-state index contributed by atoms with van der Waals surface area (Å²) in [5, 5.41) is 9.47. The Kier molecular flexibility index (Phi) is 4.28. The number of anilines is 2. The molecule has 1 amide bonds. The number of hydrogen-bond acceptors (Lipinski definition) is 5. The van der Waals surface area contributed by atoms with E-state index in [-0.39, 0.29) is 18.4 Å². The van der Waals surface area contributed by atoms with Crippen molar-refractivity contribution in [1.82, 2.24) is 9.97 Å². The topological polar surface area (TPSA) is 86.6 Å². The van der Waals surface area contributed by atoms with E-state index in [4.69, 9.17) is 0 Å². The number of para-hydroxylation sites is 1. The minimum absolute atomic E-state index is 0.0278. The molecule has 1 aromatic carbocycles. The van der Waals surface area contributed by atoms with E-state index in [1.807, 2.05) is 18.2 Å². The second-order valence-corrected chi connectivity index (χ2v) is 6.72. The zero-order valence-electron chi connectivity index (χ0n) is 14.3. The highest BCUT2D eigenvalue weighted by Crippen LogP contribution is 2.38. The number of rotatable bonds is 3. The Morgan fingerprint density at radius 1 is 1.12 bits per heavy atom. The van der Waals surface area contributed by atoms with Gasteiger partial charge in [-0.3, -0.25) is 14.6 Å². The van der Waals surface area contributed by atoms with Gasteiger partial charge in [0.2, 0.25) is 5.91 Å². The maximum Gasteiger partial charge on any atom is 0.312 e. The van der Waals surface area contributed by atoms with E-state index in [2.05, 4.69) is 14.9 Å². The second-order valence-electron chi connectivity index (χ2n) is 6.72. The number of hydrogen-bond donors (Lipinski definition) is 1. The Hall–Kier alpha value is -2.96. The lowest BCUT2D eigenvalue weighted by Crippen LogP contribution is -2.43. The summed E-state index contributed by atoms with van der Waals surface area (Å²) in [6, 6.07) is 7.31. The minimum atomic E-state index is -0.884. The molecule has 1 saturated heterocycles. The molecule has 2 aromatic rings. The Labute approximate surface area is 151 Å². The van der Waals surface area contributed by atoms with Gasteiger partial charge in [0.05, 0.1) is 6.20 Å². The fraction of sp³-hybridized carbons (Fsp3) is 0.368. The molecule has 2 aliphatic heterocycles. The minimum Gasteiger partial charge on any atom is -0.481 e. The van der Waals surface area contributed by atoms with Crippen molar-refractivity contribution in [2.75, 3.05) is 29.4 Å². The van der Waals surface area contributed by atoms with Crippen molar-refractivity contribution in [3.63, 3.8) is 0 Å². The maximum absolute atomic E-state index is 13.1. The molecule has 4 rings (SSSR count). The first kappa shape index (κ1) is 16.5. The highest BCUT2D eigenvalue weighted by molar-refractivity contribution is 6.00. The predicted octanol–water partition coefficient (Wildman–Crippen LogP) is 1.91. The fourth-order valence-electron chi connectivity index (χ4n) is 3.86. The van der Waals surface area contributed by atoms with Crippen LogP contribution < -0.4 is 9.80 Å². The summed E-state index contributed by atoms with van der Waals surface area (Å²) < 4.78 is 0. The average Bonchev–Trinajstić information content (AvgIpc) is 3.08. The molecule has 0 saturated carbocycles. The molecule has 134 valence electrons. The van der Waals surface area contributed by atoms with Gasteiger partial charge in [0.25, 0.3) is 0 Å². The quantitative estimate of drug-likeness (QED) is 0.908. The van der Waals surface area contributed by atoms with Gasteiger partial charge in [-0.15, -0.1) is 0 Å². The van der Waals surface area contributed by atoms with Crippen molar-refractivity contribution in [2.45, 2.75) is 18.8 Å². The van der Waals surface area contributed by atoms with Gasteiger partial charge in [0, 0.05) is 43.6 Å². The number of carbonyl (C=O) groups excluding carboxylic acids is 1. The van der Waals surface area contributed by atoms with Crippen LogP contribution in [0.5, 0.6) is 0 Å². The van der Waals surface area contributed by atoms with E-state index in [0.29, 0.717) is 0 Å². The molecule has 1 atom stereocenters. The molecule has 1 N–H and O–H groups in total. The number of aromatic nitrogens is 2. The first-order valence-corrected chi connectivity index (χ1v) is 8.79. The molecule has 0 radical (unpaired) electrons. The third-order valence-electron chi connectivity index (χ3n) is 5.25. The highest BCUT2D eigenvalue weighted by Gasteiger charge is 2.39. The SMILES string of the molecule is O=C(O)C1CN(C(=O)C2CCN(c3cnccn3)CC2)c2ccccc21. The van der Waals surface area contributed by atoms with Gasteiger partial charge in [-0.2, -0.15) is 0 Å². The second kappa shape index (κ2) is 6.74. The van der Waals surface area contributed by atoms with Crippen molar-refractivity contribution >= 4 is 23.4 Å². The van der Waals surface area contributed by atoms with Crippen LogP contribution in [0.2, 0.25) is 0 Å². The molecule has 1 unspecified atom stereocenters. The van der Waals surface area contributed by atoms with Gasteiger partial charge in [-0.25, -0.2) is 4.98 Å². The van der Waals surface area contributed by atoms with E-state index >= 15 is 0 Å². The summed E-state index contributed by atoms with van der Waals surface area (Å²) in [7, 11) is 0. The molecule has 1 fully saturated rings. The number of nitrogens with zero attached hydrogens (tertiary/aromatic N) is 4. The molecular formula is C19H20N4O3. The summed E-state index contributed by atoms with van der Waals surface area (Å²) >= 11 is 0. The summed E-state index contributed by atoms with van der Waals surface area (Å²) in [4.78, 5) is 36.8. The van der Waals surface area contributed by atoms with Crippen molar-refractivity contribution in [3.8, 4) is 0 Å². The maximum atomic E-state index is 13.1. The van der Waals surface area contributed by atoms with Crippen LogP contribution >= 0.6 is 0 Å². The van der Waals surface area contributed by atoms with Crippen LogP contribution in [0.15, 0.2) is 42.9 Å². The zero-order chi connectivity index (χ0) is 18.1. The predicted molar refractivity (Wildman–Crippen MR) is 96.1 cm³/mol. The normalized spacial score (nSPS) is 20.1. The molecule has 2 aliphatic rings. The number of carboxylic acid groups (broad SMARTS) is 1. The van der Waals surface area contributed by atoms with Crippen LogP contribution in [0.4, 0.5) is 11.5 Å². The summed E-state index contributed by atoms with van der Waals surface area (Å²) in [5.74, 6) is -0.764. The third kappa shape index (κ3) is 2.89. The Morgan fingerprint density at radius 2 is 1.88 bits per heavy atom. The van der Waals surface area contributed by atoms with E-state index in [9.17, 15) is 14.7 Å².